The molecule has 1 fully saturated rings. The van der Waals surface area contributed by atoms with Gasteiger partial charge in [-0.05, 0) is 31.8 Å². The van der Waals surface area contributed by atoms with E-state index in [4.69, 9.17) is 4.74 Å². The maximum Gasteiger partial charge on any atom is 0.330 e. The zero-order chi connectivity index (χ0) is 12.2. The first-order valence-corrected chi connectivity index (χ1v) is 5.42. The van der Waals surface area contributed by atoms with Crippen LogP contribution in [0, 0.1) is 5.41 Å². The van der Waals surface area contributed by atoms with Gasteiger partial charge in [-0.3, -0.25) is 4.79 Å². The second kappa shape index (κ2) is 5.14. The molecule has 1 aliphatic rings. The van der Waals surface area contributed by atoms with Crippen LogP contribution in [0.5, 0.6) is 0 Å². The lowest BCUT2D eigenvalue weighted by atomic mass is 9.71. The summed E-state index contributed by atoms with van der Waals surface area (Å²) in [5, 5.41) is 0. The van der Waals surface area contributed by atoms with E-state index in [1.165, 1.54) is 20.3 Å². The van der Waals surface area contributed by atoms with Crippen LogP contribution in [0.25, 0.3) is 0 Å². The molecule has 0 aromatic heterocycles. The van der Waals surface area contributed by atoms with Gasteiger partial charge in [0.15, 0.2) is 0 Å². The van der Waals surface area contributed by atoms with Crippen molar-refractivity contribution >= 4 is 11.9 Å². The lowest BCUT2D eigenvalue weighted by Crippen LogP contribution is -2.34. The maximum absolute atomic E-state index is 11.8. The monoisotopic (exact) mass is 226 g/mol. The largest absolute Gasteiger partial charge is 0.468 e. The van der Waals surface area contributed by atoms with Crippen molar-refractivity contribution in [2.75, 3.05) is 14.2 Å². The molecule has 0 amide bonds. The highest BCUT2D eigenvalue weighted by Crippen LogP contribution is 2.41. The van der Waals surface area contributed by atoms with Crippen molar-refractivity contribution in [1.82, 2.24) is 0 Å². The molecule has 16 heavy (non-hydrogen) atoms. The first kappa shape index (κ1) is 12.7. The maximum atomic E-state index is 11.8. The molecule has 0 aliphatic heterocycles. The van der Waals surface area contributed by atoms with Gasteiger partial charge in [-0.1, -0.05) is 6.42 Å². The second-order valence-corrected chi connectivity index (χ2v) is 4.22. The van der Waals surface area contributed by atoms with Gasteiger partial charge in [-0.2, -0.15) is 0 Å². The number of ether oxygens (including phenoxy) is 2. The summed E-state index contributed by atoms with van der Waals surface area (Å²) in [4.78, 5) is 23.0. The van der Waals surface area contributed by atoms with Gasteiger partial charge in [-0.25, -0.2) is 4.79 Å². The lowest BCUT2D eigenvalue weighted by molar-refractivity contribution is -0.150. The zero-order valence-corrected chi connectivity index (χ0v) is 10.0. The molecule has 90 valence electrons. The molecule has 1 saturated carbocycles. The van der Waals surface area contributed by atoms with Crippen LogP contribution in [0.2, 0.25) is 0 Å². The van der Waals surface area contributed by atoms with Crippen LogP contribution in [-0.2, 0) is 19.1 Å². The van der Waals surface area contributed by atoms with Crippen molar-refractivity contribution in [3.8, 4) is 0 Å². The van der Waals surface area contributed by atoms with Gasteiger partial charge in [0.2, 0.25) is 0 Å². The van der Waals surface area contributed by atoms with Crippen LogP contribution in [0.15, 0.2) is 11.6 Å². The van der Waals surface area contributed by atoms with E-state index in [2.05, 4.69) is 4.74 Å². The summed E-state index contributed by atoms with van der Waals surface area (Å²) in [6.45, 7) is 1.83. The van der Waals surface area contributed by atoms with Crippen molar-refractivity contribution in [1.29, 1.82) is 0 Å². The van der Waals surface area contributed by atoms with Gasteiger partial charge in [0, 0.05) is 6.08 Å². The van der Waals surface area contributed by atoms with E-state index in [-0.39, 0.29) is 5.97 Å². The predicted molar refractivity (Wildman–Crippen MR) is 58.7 cm³/mol. The molecule has 0 unspecified atom stereocenters. The van der Waals surface area contributed by atoms with Gasteiger partial charge in [-0.15, -0.1) is 0 Å². The average molecular weight is 226 g/mol. The molecule has 0 spiro atoms. The van der Waals surface area contributed by atoms with Crippen LogP contribution >= 0.6 is 0 Å². The molecule has 1 atom stereocenters. The minimum absolute atomic E-state index is 0.276. The quantitative estimate of drug-likeness (QED) is 0.532. The SMILES string of the molecule is COC(=O)/C=C1\CCCC[C@@]1(C)C(=O)OC. The number of hydrogen-bond acceptors (Lipinski definition) is 4. The van der Waals surface area contributed by atoms with Gasteiger partial charge < -0.3 is 9.47 Å². The molecule has 0 aromatic rings. The van der Waals surface area contributed by atoms with E-state index in [9.17, 15) is 9.59 Å². The van der Waals surface area contributed by atoms with E-state index in [0.717, 1.165) is 31.3 Å². The Hall–Kier alpha value is -1.32. The molecule has 0 aromatic carbocycles. The number of methoxy groups -OCH3 is 2. The fourth-order valence-corrected chi connectivity index (χ4v) is 2.12. The smallest absolute Gasteiger partial charge is 0.330 e. The van der Waals surface area contributed by atoms with E-state index in [1.807, 2.05) is 6.92 Å². The van der Waals surface area contributed by atoms with Crippen LogP contribution in [0.3, 0.4) is 0 Å². The van der Waals surface area contributed by atoms with Crippen molar-refractivity contribution in [2.24, 2.45) is 5.41 Å². The van der Waals surface area contributed by atoms with Crippen molar-refractivity contribution in [3.05, 3.63) is 11.6 Å². The molecule has 0 radical (unpaired) electrons. The molecule has 0 heterocycles. The highest BCUT2D eigenvalue weighted by Gasteiger charge is 2.40. The summed E-state index contributed by atoms with van der Waals surface area (Å²) in [6.07, 6.45) is 4.87. The van der Waals surface area contributed by atoms with Crippen molar-refractivity contribution < 1.29 is 19.1 Å². The third-order valence-corrected chi connectivity index (χ3v) is 3.21. The van der Waals surface area contributed by atoms with Gasteiger partial charge in [0.05, 0.1) is 19.6 Å². The summed E-state index contributed by atoms with van der Waals surface area (Å²) >= 11 is 0. The first-order chi connectivity index (χ1) is 7.54. The third kappa shape index (κ3) is 2.43. The molecular weight excluding hydrogens is 208 g/mol. The summed E-state index contributed by atoms with van der Waals surface area (Å²) in [5.74, 6) is -0.686. The van der Waals surface area contributed by atoms with Crippen LogP contribution in [0.1, 0.15) is 32.6 Å². The van der Waals surface area contributed by atoms with E-state index in [1.54, 1.807) is 0 Å². The van der Waals surface area contributed by atoms with E-state index in [0.29, 0.717) is 0 Å². The molecule has 1 rings (SSSR count). The van der Waals surface area contributed by atoms with Gasteiger partial charge in [0.1, 0.15) is 0 Å². The van der Waals surface area contributed by atoms with Crippen LogP contribution < -0.4 is 0 Å². The summed E-state index contributed by atoms with van der Waals surface area (Å²) < 4.78 is 9.40. The van der Waals surface area contributed by atoms with E-state index >= 15 is 0 Å². The number of carbonyl (C=O) groups excluding carboxylic acids is 2. The number of hydrogen-bond donors (Lipinski definition) is 0. The third-order valence-electron chi connectivity index (χ3n) is 3.21. The normalized spacial score (nSPS) is 27.6. The Morgan fingerprint density at radius 3 is 2.50 bits per heavy atom. The number of rotatable bonds is 2. The second-order valence-electron chi connectivity index (χ2n) is 4.22. The molecule has 4 heteroatoms. The summed E-state index contributed by atoms with van der Waals surface area (Å²) in [7, 11) is 2.70. The Morgan fingerprint density at radius 2 is 1.94 bits per heavy atom. The fourth-order valence-electron chi connectivity index (χ4n) is 2.12. The molecule has 1 aliphatic carbocycles. The predicted octanol–water partition coefficient (Wildman–Crippen LogP) is 1.84. The Kier molecular flexibility index (Phi) is 4.10. The van der Waals surface area contributed by atoms with E-state index < -0.39 is 11.4 Å². The summed E-state index contributed by atoms with van der Waals surface area (Å²) in [6, 6.07) is 0. The Morgan fingerprint density at radius 1 is 1.25 bits per heavy atom. The standard InChI is InChI=1S/C12H18O4/c1-12(11(14)16-3)7-5-4-6-9(12)8-10(13)15-2/h8H,4-7H2,1-3H3/b9-8+/t12-/m1/s1. The minimum Gasteiger partial charge on any atom is -0.468 e. The topological polar surface area (TPSA) is 52.6 Å². The molecule has 0 saturated heterocycles. The molecular formula is C12H18O4. The Bertz CT molecular complexity index is 319. The van der Waals surface area contributed by atoms with Crippen molar-refractivity contribution in [2.45, 2.75) is 32.6 Å². The first-order valence-electron chi connectivity index (χ1n) is 5.42. The number of carbonyl (C=O) groups is 2. The van der Waals surface area contributed by atoms with Gasteiger partial charge >= 0.3 is 11.9 Å². The van der Waals surface area contributed by atoms with Crippen LogP contribution in [0.4, 0.5) is 0 Å². The zero-order valence-electron chi connectivity index (χ0n) is 10.0. The van der Waals surface area contributed by atoms with Crippen molar-refractivity contribution in [3.63, 3.8) is 0 Å². The lowest BCUT2D eigenvalue weighted by Gasteiger charge is -2.33. The average Bonchev–Trinajstić information content (AvgIpc) is 2.30. The molecule has 0 N–H and O–H groups in total. The highest BCUT2D eigenvalue weighted by atomic mass is 16.5. The summed E-state index contributed by atoms with van der Waals surface area (Å²) in [5.41, 5.74) is 0.152. The van der Waals surface area contributed by atoms with Crippen LogP contribution in [-0.4, -0.2) is 26.2 Å². The van der Waals surface area contributed by atoms with Gasteiger partial charge in [0.25, 0.3) is 0 Å². The Labute approximate surface area is 95.6 Å². The fraction of sp³-hybridized carbons (Fsp3) is 0.667. The highest BCUT2D eigenvalue weighted by molar-refractivity contribution is 5.87. The molecule has 0 bridgehead atoms. The minimum atomic E-state index is -0.665. The number of esters is 2. The Balaban J connectivity index is 2.99. The molecule has 4 nitrogen and oxygen atoms in total.